The summed E-state index contributed by atoms with van der Waals surface area (Å²) in [5.41, 5.74) is 1.55. The van der Waals surface area contributed by atoms with E-state index in [4.69, 9.17) is 4.74 Å². The number of amides is 2. The number of hydrogen-bond acceptors (Lipinski definition) is 3. The Morgan fingerprint density at radius 3 is 2.45 bits per heavy atom. The fourth-order valence-corrected chi connectivity index (χ4v) is 4.57. The second-order valence-electron chi connectivity index (χ2n) is 7.68. The van der Waals surface area contributed by atoms with Crippen LogP contribution in [0.25, 0.3) is 0 Å². The Kier molecular flexibility index (Phi) is 5.62. The standard InChI is InChI=1S/C23H25FN2O3/c1-2-29-15-21(27)25-12-18-13-26(23(28)17-8-10-19(24)11-9-17)22(20(18)14-25)16-6-4-3-5-7-16/h3-11,18,20,22H,2,12-15H2,1H3/t18-,20-,22+/m0/s1. The van der Waals surface area contributed by atoms with E-state index in [0.717, 1.165) is 5.56 Å². The lowest BCUT2D eigenvalue weighted by Gasteiger charge is -2.30. The zero-order valence-electron chi connectivity index (χ0n) is 16.5. The molecule has 2 amide bonds. The smallest absolute Gasteiger partial charge is 0.254 e. The molecule has 0 saturated carbocycles. The molecule has 0 aliphatic carbocycles. The number of rotatable bonds is 5. The molecule has 4 rings (SSSR count). The van der Waals surface area contributed by atoms with Crippen LogP contribution in [0.15, 0.2) is 54.6 Å². The van der Waals surface area contributed by atoms with Crippen molar-refractivity contribution in [1.82, 2.24) is 9.80 Å². The van der Waals surface area contributed by atoms with Crippen LogP contribution in [0.2, 0.25) is 0 Å². The van der Waals surface area contributed by atoms with Crippen molar-refractivity contribution in [2.45, 2.75) is 13.0 Å². The van der Waals surface area contributed by atoms with E-state index in [2.05, 4.69) is 0 Å². The van der Waals surface area contributed by atoms with Crippen LogP contribution in [-0.4, -0.2) is 54.5 Å². The molecule has 2 aromatic rings. The van der Waals surface area contributed by atoms with Gasteiger partial charge in [-0.3, -0.25) is 9.59 Å². The number of carbonyl (C=O) groups is 2. The van der Waals surface area contributed by atoms with Crippen LogP contribution < -0.4 is 0 Å². The van der Waals surface area contributed by atoms with Crippen molar-refractivity contribution < 1.29 is 18.7 Å². The van der Waals surface area contributed by atoms with Gasteiger partial charge in [0.1, 0.15) is 12.4 Å². The maximum atomic E-state index is 13.3. The first-order chi connectivity index (χ1) is 14.1. The first kappa shape index (κ1) is 19.6. The minimum Gasteiger partial charge on any atom is -0.372 e. The van der Waals surface area contributed by atoms with E-state index >= 15 is 0 Å². The number of benzene rings is 2. The fourth-order valence-electron chi connectivity index (χ4n) is 4.57. The molecule has 29 heavy (non-hydrogen) atoms. The van der Waals surface area contributed by atoms with Gasteiger partial charge in [-0.2, -0.15) is 0 Å². The highest BCUT2D eigenvalue weighted by atomic mass is 19.1. The van der Waals surface area contributed by atoms with Crippen LogP contribution in [0.4, 0.5) is 4.39 Å². The van der Waals surface area contributed by atoms with E-state index in [9.17, 15) is 14.0 Å². The van der Waals surface area contributed by atoms with Gasteiger partial charge in [0, 0.05) is 43.6 Å². The molecule has 0 aromatic heterocycles. The Hall–Kier alpha value is -2.73. The Balaban J connectivity index is 1.59. The van der Waals surface area contributed by atoms with Gasteiger partial charge in [0.05, 0.1) is 6.04 Å². The Morgan fingerprint density at radius 2 is 1.76 bits per heavy atom. The third kappa shape index (κ3) is 3.90. The first-order valence-corrected chi connectivity index (χ1v) is 10.1. The van der Waals surface area contributed by atoms with Crippen molar-refractivity contribution in [3.05, 3.63) is 71.5 Å². The van der Waals surface area contributed by atoms with Gasteiger partial charge in [-0.1, -0.05) is 30.3 Å². The van der Waals surface area contributed by atoms with Gasteiger partial charge in [0.25, 0.3) is 5.91 Å². The number of likely N-dealkylation sites (tertiary alicyclic amines) is 2. The molecule has 5 nitrogen and oxygen atoms in total. The van der Waals surface area contributed by atoms with Crippen molar-refractivity contribution in [3.63, 3.8) is 0 Å². The maximum absolute atomic E-state index is 13.3. The molecule has 0 bridgehead atoms. The molecule has 0 radical (unpaired) electrons. The van der Waals surface area contributed by atoms with E-state index in [1.54, 1.807) is 0 Å². The molecule has 2 aliphatic heterocycles. The maximum Gasteiger partial charge on any atom is 0.254 e. The number of fused-ring (bicyclic) bond motifs is 1. The van der Waals surface area contributed by atoms with Crippen LogP contribution >= 0.6 is 0 Å². The van der Waals surface area contributed by atoms with E-state index in [1.807, 2.05) is 47.1 Å². The predicted molar refractivity (Wildman–Crippen MR) is 107 cm³/mol. The number of hydrogen-bond donors (Lipinski definition) is 0. The highest BCUT2D eigenvalue weighted by Gasteiger charge is 2.50. The predicted octanol–water partition coefficient (Wildman–Crippen LogP) is 3.13. The molecule has 0 N–H and O–H groups in total. The Labute approximate surface area is 170 Å². The van der Waals surface area contributed by atoms with Crippen LogP contribution in [-0.2, 0) is 9.53 Å². The van der Waals surface area contributed by atoms with Crippen LogP contribution in [0, 0.1) is 17.7 Å². The van der Waals surface area contributed by atoms with E-state index < -0.39 is 0 Å². The van der Waals surface area contributed by atoms with Crippen molar-refractivity contribution in [2.75, 3.05) is 32.8 Å². The van der Waals surface area contributed by atoms with Crippen LogP contribution in [0.1, 0.15) is 28.9 Å². The zero-order valence-corrected chi connectivity index (χ0v) is 16.5. The Morgan fingerprint density at radius 1 is 1.03 bits per heavy atom. The lowest BCUT2D eigenvalue weighted by molar-refractivity contribution is -0.135. The number of ether oxygens (including phenoxy) is 1. The molecule has 2 heterocycles. The Bertz CT molecular complexity index is 871. The molecule has 0 spiro atoms. The van der Waals surface area contributed by atoms with E-state index in [0.29, 0.717) is 31.8 Å². The van der Waals surface area contributed by atoms with Crippen molar-refractivity contribution in [1.29, 1.82) is 0 Å². The average molecular weight is 396 g/mol. The number of carbonyl (C=O) groups excluding carboxylic acids is 2. The highest BCUT2D eigenvalue weighted by Crippen LogP contribution is 2.45. The van der Waals surface area contributed by atoms with Gasteiger partial charge < -0.3 is 14.5 Å². The number of nitrogens with zero attached hydrogens (tertiary/aromatic N) is 2. The fraction of sp³-hybridized carbons (Fsp3) is 0.391. The summed E-state index contributed by atoms with van der Waals surface area (Å²) in [5, 5.41) is 0. The molecule has 2 aliphatic rings. The lowest BCUT2D eigenvalue weighted by atomic mass is 9.89. The zero-order chi connectivity index (χ0) is 20.4. The minimum absolute atomic E-state index is 0.00414. The van der Waals surface area contributed by atoms with Crippen molar-refractivity contribution >= 4 is 11.8 Å². The van der Waals surface area contributed by atoms with Crippen LogP contribution in [0.5, 0.6) is 0 Å². The summed E-state index contributed by atoms with van der Waals surface area (Å²) in [6.45, 7) is 4.31. The molecular formula is C23H25FN2O3. The topological polar surface area (TPSA) is 49.9 Å². The van der Waals surface area contributed by atoms with Crippen molar-refractivity contribution in [3.8, 4) is 0 Å². The first-order valence-electron chi connectivity index (χ1n) is 10.1. The third-order valence-electron chi connectivity index (χ3n) is 5.94. The highest BCUT2D eigenvalue weighted by molar-refractivity contribution is 5.94. The number of halogens is 1. The van der Waals surface area contributed by atoms with Gasteiger partial charge in [-0.05, 0) is 36.8 Å². The van der Waals surface area contributed by atoms with Gasteiger partial charge in [-0.25, -0.2) is 4.39 Å². The molecule has 2 aromatic carbocycles. The summed E-state index contributed by atoms with van der Waals surface area (Å²) < 4.78 is 18.6. The van der Waals surface area contributed by atoms with E-state index in [1.165, 1.54) is 24.3 Å². The van der Waals surface area contributed by atoms with Gasteiger partial charge in [0.2, 0.25) is 5.91 Å². The van der Waals surface area contributed by atoms with Gasteiger partial charge in [0.15, 0.2) is 0 Å². The molecule has 3 atom stereocenters. The normalized spacial score (nSPS) is 23.3. The van der Waals surface area contributed by atoms with E-state index in [-0.39, 0.29) is 42.1 Å². The summed E-state index contributed by atoms with van der Waals surface area (Å²) in [7, 11) is 0. The van der Waals surface area contributed by atoms with Crippen LogP contribution in [0.3, 0.4) is 0 Å². The second-order valence-corrected chi connectivity index (χ2v) is 7.68. The molecule has 2 saturated heterocycles. The SMILES string of the molecule is CCOCC(=O)N1C[C@H]2CN(C(=O)c3ccc(F)cc3)[C@H](c3ccccc3)[C@H]2C1. The monoisotopic (exact) mass is 396 g/mol. The molecular weight excluding hydrogens is 371 g/mol. The van der Waals surface area contributed by atoms with Gasteiger partial charge in [-0.15, -0.1) is 0 Å². The molecule has 152 valence electrons. The summed E-state index contributed by atoms with van der Waals surface area (Å²) in [5.74, 6) is -0.0598. The average Bonchev–Trinajstić information content (AvgIpc) is 3.30. The summed E-state index contributed by atoms with van der Waals surface area (Å²) in [6, 6.07) is 15.5. The molecule has 6 heteroatoms. The summed E-state index contributed by atoms with van der Waals surface area (Å²) >= 11 is 0. The minimum atomic E-state index is -0.358. The summed E-state index contributed by atoms with van der Waals surface area (Å²) in [4.78, 5) is 29.4. The third-order valence-corrected chi connectivity index (χ3v) is 5.94. The van der Waals surface area contributed by atoms with Gasteiger partial charge >= 0.3 is 0 Å². The van der Waals surface area contributed by atoms with Crippen molar-refractivity contribution in [2.24, 2.45) is 11.8 Å². The lowest BCUT2D eigenvalue weighted by Crippen LogP contribution is -2.38. The molecule has 0 unspecified atom stereocenters. The quantitative estimate of drug-likeness (QED) is 0.780. The largest absolute Gasteiger partial charge is 0.372 e. The molecule has 2 fully saturated rings. The second kappa shape index (κ2) is 8.33. The summed E-state index contributed by atoms with van der Waals surface area (Å²) in [6.07, 6.45) is 0.